The molecular weight excluding hydrogens is 332 g/mol. The Morgan fingerprint density at radius 2 is 1.91 bits per heavy atom. The van der Waals surface area contributed by atoms with Crippen LogP contribution in [0.3, 0.4) is 0 Å². The van der Waals surface area contributed by atoms with E-state index in [1.807, 2.05) is 23.6 Å². The van der Waals surface area contributed by atoms with Crippen LogP contribution in [0.4, 0.5) is 5.69 Å². The van der Waals surface area contributed by atoms with Gasteiger partial charge in [-0.05, 0) is 41.9 Å². The number of aromatic nitrogens is 2. The second-order valence-corrected chi connectivity index (χ2v) is 6.35. The van der Waals surface area contributed by atoms with Gasteiger partial charge in [-0.15, -0.1) is 11.3 Å². The van der Waals surface area contributed by atoms with E-state index < -0.39 is 0 Å². The van der Waals surface area contributed by atoms with Gasteiger partial charge in [0.1, 0.15) is 0 Å². The number of carbonyl (C=O) groups is 1. The Balaban J connectivity index is 1.79. The molecule has 0 aliphatic carbocycles. The highest BCUT2D eigenvalue weighted by Crippen LogP contribution is 2.17. The number of rotatable bonds is 2. The Hall–Kier alpha value is -2.45. The van der Waals surface area contributed by atoms with Crippen LogP contribution in [0.2, 0.25) is 0 Å². The number of benzene rings is 1. The van der Waals surface area contributed by atoms with E-state index in [2.05, 4.69) is 10.6 Å². The van der Waals surface area contributed by atoms with Gasteiger partial charge in [-0.1, -0.05) is 6.07 Å². The molecule has 0 saturated carbocycles. The van der Waals surface area contributed by atoms with Gasteiger partial charge in [-0.2, -0.15) is 0 Å². The van der Waals surface area contributed by atoms with Crippen LogP contribution in [0.15, 0.2) is 40.5 Å². The molecule has 0 radical (unpaired) electrons. The number of thiocarbonyl (C=S) groups is 1. The second-order valence-electron chi connectivity index (χ2n) is 4.99. The van der Waals surface area contributed by atoms with Crippen LogP contribution < -0.4 is 16.3 Å². The van der Waals surface area contributed by atoms with Gasteiger partial charge in [0.25, 0.3) is 5.91 Å². The number of hydrogen-bond donors (Lipinski definition) is 2. The average molecular weight is 346 g/mol. The first-order valence-electron chi connectivity index (χ1n) is 6.78. The van der Waals surface area contributed by atoms with Crippen LogP contribution in [0.5, 0.6) is 0 Å². The number of nitrogens with zero attached hydrogens (tertiary/aromatic N) is 2. The molecule has 0 unspecified atom stereocenters. The highest BCUT2D eigenvalue weighted by atomic mass is 32.1. The fourth-order valence-corrected chi connectivity index (χ4v) is 3.15. The van der Waals surface area contributed by atoms with E-state index >= 15 is 0 Å². The van der Waals surface area contributed by atoms with Crippen molar-refractivity contribution in [1.29, 1.82) is 0 Å². The summed E-state index contributed by atoms with van der Waals surface area (Å²) >= 11 is 6.51. The second kappa shape index (κ2) is 5.98. The topological polar surface area (TPSA) is 68.1 Å². The third kappa shape index (κ3) is 2.90. The van der Waals surface area contributed by atoms with Gasteiger partial charge in [-0.25, -0.2) is 4.79 Å². The minimum Gasteiger partial charge on any atom is -0.332 e. The van der Waals surface area contributed by atoms with E-state index in [1.54, 1.807) is 35.4 Å². The van der Waals surface area contributed by atoms with Gasteiger partial charge >= 0.3 is 5.69 Å². The molecule has 0 fully saturated rings. The van der Waals surface area contributed by atoms with Crippen molar-refractivity contribution in [1.82, 2.24) is 14.5 Å². The monoisotopic (exact) mass is 346 g/mol. The molecule has 0 aliphatic rings. The smallest absolute Gasteiger partial charge is 0.328 e. The maximum absolute atomic E-state index is 11.9. The summed E-state index contributed by atoms with van der Waals surface area (Å²) in [4.78, 5) is 24.5. The van der Waals surface area contributed by atoms with Gasteiger partial charge in [0.05, 0.1) is 15.9 Å². The first-order valence-corrected chi connectivity index (χ1v) is 8.07. The van der Waals surface area contributed by atoms with Crippen molar-refractivity contribution >= 4 is 51.3 Å². The quantitative estimate of drug-likeness (QED) is 0.697. The summed E-state index contributed by atoms with van der Waals surface area (Å²) < 4.78 is 3.14. The molecule has 1 amide bonds. The summed E-state index contributed by atoms with van der Waals surface area (Å²) in [6.45, 7) is 0. The van der Waals surface area contributed by atoms with Crippen LogP contribution in [-0.4, -0.2) is 20.2 Å². The van der Waals surface area contributed by atoms with Gasteiger partial charge in [0.2, 0.25) is 0 Å². The van der Waals surface area contributed by atoms with Crippen molar-refractivity contribution in [2.45, 2.75) is 0 Å². The maximum atomic E-state index is 11.9. The third-order valence-electron chi connectivity index (χ3n) is 3.50. The molecule has 2 heterocycles. The molecule has 0 saturated heterocycles. The van der Waals surface area contributed by atoms with Gasteiger partial charge in [0, 0.05) is 19.8 Å². The molecule has 0 spiro atoms. The van der Waals surface area contributed by atoms with E-state index in [-0.39, 0.29) is 16.7 Å². The number of imidazole rings is 1. The predicted octanol–water partition coefficient (Wildman–Crippen LogP) is 2.07. The largest absolute Gasteiger partial charge is 0.332 e. The molecule has 1 aromatic carbocycles. The van der Waals surface area contributed by atoms with Crippen molar-refractivity contribution < 1.29 is 4.79 Å². The number of anilines is 1. The number of amides is 1. The van der Waals surface area contributed by atoms with E-state index in [9.17, 15) is 9.59 Å². The first-order chi connectivity index (χ1) is 11.0. The summed E-state index contributed by atoms with van der Waals surface area (Å²) in [5, 5.41) is 7.63. The van der Waals surface area contributed by atoms with Crippen LogP contribution in [0.25, 0.3) is 11.0 Å². The normalized spacial score (nSPS) is 10.7. The molecule has 8 heteroatoms. The fraction of sp³-hybridized carbons (Fsp3) is 0.133. The minimum atomic E-state index is -0.245. The Labute approximate surface area is 141 Å². The Morgan fingerprint density at radius 1 is 1.17 bits per heavy atom. The van der Waals surface area contributed by atoms with Crippen molar-refractivity contribution in [3.8, 4) is 0 Å². The fourth-order valence-electron chi connectivity index (χ4n) is 2.32. The number of thiophene rings is 1. The summed E-state index contributed by atoms with van der Waals surface area (Å²) in [5.41, 5.74) is 2.23. The van der Waals surface area contributed by atoms with Crippen molar-refractivity contribution in [2.24, 2.45) is 14.1 Å². The lowest BCUT2D eigenvalue weighted by molar-refractivity contribution is 0.0981. The van der Waals surface area contributed by atoms with Crippen LogP contribution in [-0.2, 0) is 14.1 Å². The lowest BCUT2D eigenvalue weighted by Gasteiger charge is -2.09. The number of fused-ring (bicyclic) bond motifs is 1. The lowest BCUT2D eigenvalue weighted by atomic mass is 10.2. The molecule has 118 valence electrons. The predicted molar refractivity (Wildman–Crippen MR) is 96.2 cm³/mol. The van der Waals surface area contributed by atoms with Crippen molar-refractivity contribution in [3.63, 3.8) is 0 Å². The highest BCUT2D eigenvalue weighted by Gasteiger charge is 2.11. The standard InChI is InChI=1S/C15H14N4O2S2/c1-18-10-6-5-9(8-11(10)19(2)15(18)21)16-14(22)17-13(20)12-4-3-7-23-12/h3-8H,1-2H3,(H2,16,17,20,22). The molecule has 3 rings (SSSR count). The molecule has 6 nitrogen and oxygen atoms in total. The average Bonchev–Trinajstić information content (AvgIpc) is 3.12. The number of carbonyl (C=O) groups excluding carboxylic acids is 1. The SMILES string of the molecule is Cn1c(=O)n(C)c2cc(NC(=S)NC(=O)c3cccs3)ccc21. The zero-order valence-corrected chi connectivity index (χ0v) is 14.1. The van der Waals surface area contributed by atoms with E-state index in [4.69, 9.17) is 12.2 Å². The molecule has 0 aliphatic heterocycles. The van der Waals surface area contributed by atoms with Crippen LogP contribution in [0, 0.1) is 0 Å². The van der Waals surface area contributed by atoms with E-state index in [0.29, 0.717) is 10.6 Å². The van der Waals surface area contributed by atoms with Gasteiger partial charge in [0.15, 0.2) is 5.11 Å². The zero-order valence-electron chi connectivity index (χ0n) is 12.5. The van der Waals surface area contributed by atoms with Crippen molar-refractivity contribution in [2.75, 3.05) is 5.32 Å². The van der Waals surface area contributed by atoms with E-state index in [0.717, 1.165) is 11.0 Å². The number of aryl methyl sites for hydroxylation is 2. The molecule has 2 N–H and O–H groups in total. The first kappa shape index (κ1) is 15.4. The number of hydrogen-bond acceptors (Lipinski definition) is 4. The highest BCUT2D eigenvalue weighted by molar-refractivity contribution is 7.80. The minimum absolute atomic E-state index is 0.0919. The lowest BCUT2D eigenvalue weighted by Crippen LogP contribution is -2.33. The maximum Gasteiger partial charge on any atom is 0.328 e. The van der Waals surface area contributed by atoms with Crippen LogP contribution >= 0.6 is 23.6 Å². The number of nitrogens with one attached hydrogen (secondary N) is 2. The molecule has 3 aromatic rings. The molecule has 2 aromatic heterocycles. The summed E-state index contributed by atoms with van der Waals surface area (Å²) in [5.74, 6) is -0.245. The zero-order chi connectivity index (χ0) is 16.6. The van der Waals surface area contributed by atoms with Gasteiger partial charge < -0.3 is 5.32 Å². The van der Waals surface area contributed by atoms with Crippen molar-refractivity contribution in [3.05, 3.63) is 51.1 Å². The summed E-state index contributed by atoms with van der Waals surface area (Å²) in [6.07, 6.45) is 0. The molecular formula is C15H14N4O2S2. The molecule has 0 bridgehead atoms. The van der Waals surface area contributed by atoms with Crippen LogP contribution in [0.1, 0.15) is 9.67 Å². The summed E-state index contributed by atoms with van der Waals surface area (Å²) in [6, 6.07) is 9.00. The summed E-state index contributed by atoms with van der Waals surface area (Å²) in [7, 11) is 3.44. The Morgan fingerprint density at radius 3 is 2.61 bits per heavy atom. The molecule has 23 heavy (non-hydrogen) atoms. The molecule has 0 atom stereocenters. The Kier molecular flexibility index (Phi) is 4.01. The Bertz CT molecular complexity index is 954. The van der Waals surface area contributed by atoms with Gasteiger partial charge in [-0.3, -0.25) is 19.2 Å². The third-order valence-corrected chi connectivity index (χ3v) is 4.57. The van der Waals surface area contributed by atoms with E-state index in [1.165, 1.54) is 11.3 Å².